The highest BCUT2D eigenvalue weighted by atomic mass is 16.3. The third-order valence-electron chi connectivity index (χ3n) is 7.46. The molecular formula is C29H26N2O. The van der Waals surface area contributed by atoms with Crippen molar-refractivity contribution in [2.24, 2.45) is 11.3 Å². The first-order chi connectivity index (χ1) is 15.6. The van der Waals surface area contributed by atoms with Gasteiger partial charge in [0.15, 0.2) is 0 Å². The van der Waals surface area contributed by atoms with Gasteiger partial charge in [-0.1, -0.05) is 61.6 Å². The molecule has 2 aliphatic carbocycles. The van der Waals surface area contributed by atoms with Gasteiger partial charge in [0.05, 0.1) is 6.04 Å². The lowest BCUT2D eigenvalue weighted by Crippen LogP contribution is -2.34. The number of benzene rings is 2. The van der Waals surface area contributed by atoms with E-state index in [0.717, 1.165) is 5.56 Å². The van der Waals surface area contributed by atoms with Crippen LogP contribution in [0.15, 0.2) is 103 Å². The Morgan fingerprint density at radius 1 is 1.00 bits per heavy atom. The lowest BCUT2D eigenvalue weighted by atomic mass is 9.68. The number of allylic oxidation sites excluding steroid dienone is 3. The number of para-hydroxylation sites is 1. The van der Waals surface area contributed by atoms with E-state index in [1.807, 2.05) is 30.6 Å². The van der Waals surface area contributed by atoms with Crippen LogP contribution in [-0.2, 0) is 0 Å². The number of aromatic hydroxyl groups is 1. The van der Waals surface area contributed by atoms with Crippen LogP contribution in [0.25, 0.3) is 6.08 Å². The van der Waals surface area contributed by atoms with Gasteiger partial charge in [-0.15, -0.1) is 0 Å². The van der Waals surface area contributed by atoms with Gasteiger partial charge in [-0.2, -0.15) is 0 Å². The summed E-state index contributed by atoms with van der Waals surface area (Å²) in [6, 6.07) is 20.8. The number of hydrogen-bond donors (Lipinski definition) is 1. The molecule has 3 heteroatoms. The van der Waals surface area contributed by atoms with Crippen LogP contribution in [0, 0.1) is 11.3 Å². The van der Waals surface area contributed by atoms with Gasteiger partial charge >= 0.3 is 0 Å². The highest BCUT2D eigenvalue weighted by Gasteiger charge is 2.53. The van der Waals surface area contributed by atoms with Gasteiger partial charge in [0, 0.05) is 41.0 Å². The van der Waals surface area contributed by atoms with E-state index in [0.29, 0.717) is 11.7 Å². The lowest BCUT2D eigenvalue weighted by Gasteiger charge is -2.41. The predicted octanol–water partition coefficient (Wildman–Crippen LogP) is 6.63. The first-order valence-corrected chi connectivity index (χ1v) is 11.3. The van der Waals surface area contributed by atoms with Gasteiger partial charge in [-0.25, -0.2) is 0 Å². The molecule has 0 amide bonds. The minimum atomic E-state index is -0.153. The number of nitrogens with zero attached hydrogens (tertiary/aromatic N) is 2. The lowest BCUT2D eigenvalue weighted by molar-refractivity contribution is 0.433. The van der Waals surface area contributed by atoms with Crippen molar-refractivity contribution in [3.05, 3.63) is 119 Å². The number of fused-ring (bicyclic) bond motifs is 4. The molecule has 6 rings (SSSR count). The van der Waals surface area contributed by atoms with E-state index in [1.165, 1.54) is 28.1 Å². The summed E-state index contributed by atoms with van der Waals surface area (Å²) in [5.74, 6) is 0.889. The summed E-state index contributed by atoms with van der Waals surface area (Å²) in [6.07, 6.45) is 13.0. The minimum absolute atomic E-state index is 0.134. The van der Waals surface area contributed by atoms with Gasteiger partial charge in [0.25, 0.3) is 0 Å². The Labute approximate surface area is 189 Å². The van der Waals surface area contributed by atoms with Crippen LogP contribution < -0.4 is 4.90 Å². The second-order valence-corrected chi connectivity index (χ2v) is 9.30. The van der Waals surface area contributed by atoms with Crippen LogP contribution in [0.3, 0.4) is 0 Å². The summed E-state index contributed by atoms with van der Waals surface area (Å²) < 4.78 is 0. The first-order valence-electron chi connectivity index (χ1n) is 11.3. The smallest absolute Gasteiger partial charge is 0.116 e. The van der Waals surface area contributed by atoms with Crippen LogP contribution in [-0.4, -0.2) is 10.1 Å². The maximum Gasteiger partial charge on any atom is 0.116 e. The minimum Gasteiger partial charge on any atom is -0.508 e. The number of hydrogen-bond acceptors (Lipinski definition) is 3. The first kappa shape index (κ1) is 19.1. The highest BCUT2D eigenvalue weighted by Crippen LogP contribution is 2.61. The third kappa shape index (κ3) is 2.64. The molecule has 0 radical (unpaired) electrons. The largest absolute Gasteiger partial charge is 0.508 e. The Hall–Kier alpha value is -3.59. The Kier molecular flexibility index (Phi) is 4.16. The number of phenols is 1. The van der Waals surface area contributed by atoms with Gasteiger partial charge in [-0.3, -0.25) is 4.98 Å². The molecule has 4 unspecified atom stereocenters. The Morgan fingerprint density at radius 2 is 1.84 bits per heavy atom. The van der Waals surface area contributed by atoms with E-state index >= 15 is 0 Å². The normalized spacial score (nSPS) is 27.8. The number of phenolic OH excluding ortho intramolecular Hbond substituents is 1. The van der Waals surface area contributed by atoms with Crippen LogP contribution in [0.1, 0.15) is 42.5 Å². The zero-order valence-electron chi connectivity index (χ0n) is 18.3. The van der Waals surface area contributed by atoms with Crippen molar-refractivity contribution in [3.63, 3.8) is 0 Å². The van der Waals surface area contributed by atoms with Crippen molar-refractivity contribution < 1.29 is 5.11 Å². The number of aromatic nitrogens is 1. The van der Waals surface area contributed by atoms with Crippen LogP contribution in [0.4, 0.5) is 5.69 Å². The quantitative estimate of drug-likeness (QED) is 0.508. The maximum absolute atomic E-state index is 10.1. The molecule has 0 bridgehead atoms. The third-order valence-corrected chi connectivity index (χ3v) is 7.46. The predicted molar refractivity (Wildman–Crippen MR) is 129 cm³/mol. The molecule has 3 aliphatic rings. The molecular weight excluding hydrogens is 392 g/mol. The van der Waals surface area contributed by atoms with E-state index in [2.05, 4.69) is 90.5 Å². The molecule has 0 saturated heterocycles. The van der Waals surface area contributed by atoms with Gasteiger partial charge in [-0.05, 0) is 59.5 Å². The molecule has 1 aliphatic heterocycles. The summed E-state index contributed by atoms with van der Waals surface area (Å²) in [6.45, 7) is 4.69. The van der Waals surface area contributed by atoms with Crippen molar-refractivity contribution in [1.82, 2.24) is 4.98 Å². The molecule has 1 N–H and O–H groups in total. The number of pyridine rings is 1. The molecule has 0 fully saturated rings. The fourth-order valence-electron chi connectivity index (χ4n) is 5.94. The van der Waals surface area contributed by atoms with Crippen molar-refractivity contribution in [2.45, 2.75) is 25.8 Å². The summed E-state index contributed by atoms with van der Waals surface area (Å²) in [7, 11) is 0. The van der Waals surface area contributed by atoms with E-state index in [1.54, 1.807) is 0 Å². The molecule has 4 atom stereocenters. The molecule has 158 valence electrons. The second-order valence-electron chi connectivity index (χ2n) is 9.30. The molecule has 3 aromatic rings. The van der Waals surface area contributed by atoms with Crippen LogP contribution >= 0.6 is 0 Å². The summed E-state index contributed by atoms with van der Waals surface area (Å²) in [4.78, 5) is 6.93. The average Bonchev–Trinajstić information content (AvgIpc) is 3.10. The zero-order chi connectivity index (χ0) is 21.9. The summed E-state index contributed by atoms with van der Waals surface area (Å²) in [5.41, 5.74) is 7.41. The average molecular weight is 419 g/mol. The van der Waals surface area contributed by atoms with Gasteiger partial charge in [0.1, 0.15) is 5.75 Å². The fourth-order valence-corrected chi connectivity index (χ4v) is 5.94. The molecule has 1 aromatic heterocycles. The topological polar surface area (TPSA) is 36.4 Å². The summed E-state index contributed by atoms with van der Waals surface area (Å²) in [5, 5.41) is 10.1. The molecule has 2 aromatic carbocycles. The zero-order valence-corrected chi connectivity index (χ0v) is 18.3. The van der Waals surface area contributed by atoms with Crippen LogP contribution in [0.2, 0.25) is 0 Å². The Balaban J connectivity index is 1.56. The van der Waals surface area contributed by atoms with E-state index in [-0.39, 0.29) is 17.4 Å². The summed E-state index contributed by atoms with van der Waals surface area (Å²) >= 11 is 0. The van der Waals surface area contributed by atoms with Crippen molar-refractivity contribution in [1.29, 1.82) is 0 Å². The highest BCUT2D eigenvalue weighted by molar-refractivity contribution is 5.73. The SMILES string of the molecule is CC1C2=C(C=CC1c1cccnc1)C1(C)C=Cc3cc(O)ccc3C1N2c1ccccc1. The Bertz CT molecular complexity index is 1280. The van der Waals surface area contributed by atoms with Gasteiger partial charge in [0.2, 0.25) is 0 Å². The van der Waals surface area contributed by atoms with E-state index in [9.17, 15) is 5.11 Å². The monoisotopic (exact) mass is 418 g/mol. The standard InChI is InChI=1S/C29H26N2O/c1-19-24(21-7-6-16-30-18-21)12-13-26-27(19)31(22-8-4-3-5-9-22)28-25-11-10-23(32)17-20(25)14-15-29(26,28)2/h3-19,24,28,32H,1-2H3. The number of rotatable bonds is 2. The molecule has 0 spiro atoms. The fraction of sp³-hybridized carbons (Fsp3) is 0.207. The van der Waals surface area contributed by atoms with Crippen molar-refractivity contribution in [2.75, 3.05) is 4.90 Å². The maximum atomic E-state index is 10.1. The van der Waals surface area contributed by atoms with E-state index in [4.69, 9.17) is 0 Å². The van der Waals surface area contributed by atoms with Crippen LogP contribution in [0.5, 0.6) is 5.75 Å². The van der Waals surface area contributed by atoms with Gasteiger partial charge < -0.3 is 10.0 Å². The Morgan fingerprint density at radius 3 is 2.62 bits per heavy atom. The molecule has 0 saturated carbocycles. The number of anilines is 1. The van der Waals surface area contributed by atoms with Crippen molar-refractivity contribution in [3.8, 4) is 5.75 Å². The second kappa shape index (κ2) is 6.96. The van der Waals surface area contributed by atoms with E-state index < -0.39 is 0 Å². The molecule has 3 nitrogen and oxygen atoms in total. The molecule has 32 heavy (non-hydrogen) atoms. The molecule has 2 heterocycles. The van der Waals surface area contributed by atoms with Crippen molar-refractivity contribution >= 4 is 11.8 Å².